The Morgan fingerprint density at radius 3 is 2.38 bits per heavy atom. The first kappa shape index (κ1) is 20.0. The summed E-state index contributed by atoms with van der Waals surface area (Å²) >= 11 is 0. The van der Waals surface area contributed by atoms with Crippen LogP contribution in [-0.4, -0.2) is 48.1 Å². The van der Waals surface area contributed by atoms with Gasteiger partial charge in [0.25, 0.3) is 0 Å². The predicted octanol–water partition coefficient (Wildman–Crippen LogP) is 1.06. The highest BCUT2D eigenvalue weighted by molar-refractivity contribution is 5.91. The van der Waals surface area contributed by atoms with Crippen LogP contribution in [0.25, 0.3) is 0 Å². The molecule has 1 rings (SSSR count). The summed E-state index contributed by atoms with van der Waals surface area (Å²) in [5.74, 6) is -1.23. The summed E-state index contributed by atoms with van der Waals surface area (Å²) < 4.78 is 36.8. The number of nitrogens with one attached hydrogen (secondary N) is 1. The molecule has 124 valence electrons. The van der Waals surface area contributed by atoms with Crippen molar-refractivity contribution in [3.05, 3.63) is 0 Å². The Morgan fingerprint density at radius 1 is 1.43 bits per heavy atom. The molecule has 2 atom stereocenters. The Hall–Kier alpha value is -1.02. The lowest BCUT2D eigenvalue weighted by Crippen LogP contribution is -2.53. The lowest BCUT2D eigenvalue weighted by Gasteiger charge is -2.27. The number of halogens is 4. The first-order valence-corrected chi connectivity index (χ1v) is 6.33. The molecule has 1 heterocycles. The summed E-state index contributed by atoms with van der Waals surface area (Å²) in [6.07, 6.45) is -4.27. The Labute approximate surface area is 127 Å². The molecule has 9 heteroatoms. The average Bonchev–Trinajstić information content (AvgIpc) is 2.57. The van der Waals surface area contributed by atoms with Crippen LogP contribution in [0, 0.1) is 5.41 Å². The molecule has 0 aliphatic carbocycles. The molecule has 0 aromatic carbocycles. The maximum Gasteiger partial charge on any atom is 0.406 e. The number of carbonyl (C=O) groups excluding carboxylic acids is 2. The predicted molar refractivity (Wildman–Crippen MR) is 73.9 cm³/mol. The molecule has 1 fully saturated rings. The molecule has 0 bridgehead atoms. The maximum atomic E-state index is 12.3. The number of carbonyl (C=O) groups is 2. The fourth-order valence-corrected chi connectivity index (χ4v) is 1.90. The Bertz CT molecular complexity index is 396. The van der Waals surface area contributed by atoms with Gasteiger partial charge >= 0.3 is 6.18 Å². The Morgan fingerprint density at radius 2 is 1.95 bits per heavy atom. The summed E-state index contributed by atoms with van der Waals surface area (Å²) in [7, 11) is 0. The molecule has 0 radical (unpaired) electrons. The number of nitrogens with two attached hydrogens (primary N) is 1. The van der Waals surface area contributed by atoms with Crippen molar-refractivity contribution in [3.63, 3.8) is 0 Å². The molecule has 0 saturated carbocycles. The summed E-state index contributed by atoms with van der Waals surface area (Å²) in [5, 5.41) is 2.43. The van der Waals surface area contributed by atoms with Gasteiger partial charge in [-0.25, -0.2) is 0 Å². The van der Waals surface area contributed by atoms with Gasteiger partial charge in [-0.1, -0.05) is 20.8 Å². The number of hydrogen-bond donors (Lipinski definition) is 2. The third-order valence-corrected chi connectivity index (χ3v) is 3.20. The number of hydrogen-bond acceptors (Lipinski definition) is 3. The van der Waals surface area contributed by atoms with Gasteiger partial charge < -0.3 is 16.0 Å². The largest absolute Gasteiger partial charge is 0.406 e. The van der Waals surface area contributed by atoms with Crippen LogP contribution in [0.1, 0.15) is 27.2 Å². The fraction of sp³-hybridized carbons (Fsp3) is 0.833. The van der Waals surface area contributed by atoms with Gasteiger partial charge in [0.15, 0.2) is 0 Å². The van der Waals surface area contributed by atoms with Gasteiger partial charge in [0.05, 0.1) is 6.04 Å². The van der Waals surface area contributed by atoms with E-state index in [9.17, 15) is 22.8 Å². The van der Waals surface area contributed by atoms with Crippen LogP contribution in [0.15, 0.2) is 0 Å². The van der Waals surface area contributed by atoms with Crippen molar-refractivity contribution in [2.45, 2.75) is 45.5 Å². The van der Waals surface area contributed by atoms with Crippen LogP contribution < -0.4 is 11.1 Å². The maximum absolute atomic E-state index is 12.3. The van der Waals surface area contributed by atoms with Crippen molar-refractivity contribution < 1.29 is 22.8 Å². The summed E-state index contributed by atoms with van der Waals surface area (Å²) in [4.78, 5) is 24.3. The summed E-state index contributed by atoms with van der Waals surface area (Å²) in [6.45, 7) is 3.99. The van der Waals surface area contributed by atoms with Crippen LogP contribution in [0.3, 0.4) is 0 Å². The molecule has 5 nitrogen and oxygen atoms in total. The van der Waals surface area contributed by atoms with Crippen LogP contribution in [-0.2, 0) is 9.59 Å². The highest BCUT2D eigenvalue weighted by atomic mass is 35.5. The third-order valence-electron chi connectivity index (χ3n) is 3.20. The zero-order valence-corrected chi connectivity index (χ0v) is 13.0. The van der Waals surface area contributed by atoms with Crippen molar-refractivity contribution >= 4 is 24.2 Å². The quantitative estimate of drug-likeness (QED) is 0.812. The smallest absolute Gasteiger partial charge is 0.343 e. The zero-order valence-electron chi connectivity index (χ0n) is 12.2. The first-order valence-electron chi connectivity index (χ1n) is 6.33. The number of amides is 2. The highest BCUT2D eigenvalue weighted by Gasteiger charge is 2.40. The lowest BCUT2D eigenvalue weighted by atomic mass is 9.87. The fourth-order valence-electron chi connectivity index (χ4n) is 1.90. The van der Waals surface area contributed by atoms with E-state index in [-0.39, 0.29) is 25.4 Å². The molecule has 0 spiro atoms. The van der Waals surface area contributed by atoms with Crippen molar-refractivity contribution in [1.29, 1.82) is 0 Å². The van der Waals surface area contributed by atoms with Crippen molar-refractivity contribution in [3.8, 4) is 0 Å². The Balaban J connectivity index is 0.00000400. The molecular weight excluding hydrogens is 311 g/mol. The van der Waals surface area contributed by atoms with Gasteiger partial charge in [-0.15, -0.1) is 12.4 Å². The molecule has 1 aliphatic rings. The van der Waals surface area contributed by atoms with Gasteiger partial charge in [0, 0.05) is 6.54 Å². The molecular formula is C12H21ClF3N3O2. The van der Waals surface area contributed by atoms with Crippen molar-refractivity contribution in [2.75, 3.05) is 13.1 Å². The number of nitrogens with zero attached hydrogens (tertiary/aromatic N) is 1. The minimum Gasteiger partial charge on any atom is -0.343 e. The molecule has 0 aromatic heterocycles. The normalized spacial score (nSPS) is 21.0. The molecule has 2 amide bonds. The van der Waals surface area contributed by atoms with E-state index >= 15 is 0 Å². The van der Waals surface area contributed by atoms with E-state index in [1.807, 2.05) is 0 Å². The van der Waals surface area contributed by atoms with Crippen LogP contribution >= 0.6 is 12.4 Å². The standard InChI is InChI=1S/C12H20F3N3O2.ClH/c1-11(2,3)8(16)9(19)17-7-4-5-18(10(7)20)6-12(13,14)15;/h7-8H,4-6,16H2,1-3H3,(H,17,19);1H/t7?,8-;/m1./s1. The van der Waals surface area contributed by atoms with Crippen LogP contribution in [0.4, 0.5) is 13.2 Å². The third kappa shape index (κ3) is 5.70. The Kier molecular flexibility index (Phi) is 6.50. The van der Waals surface area contributed by atoms with Crippen molar-refractivity contribution in [1.82, 2.24) is 10.2 Å². The van der Waals surface area contributed by atoms with E-state index < -0.39 is 42.0 Å². The number of likely N-dealkylation sites (tertiary alicyclic amines) is 1. The molecule has 1 saturated heterocycles. The number of rotatable bonds is 3. The van der Waals surface area contributed by atoms with Gasteiger partial charge in [-0.05, 0) is 11.8 Å². The van der Waals surface area contributed by atoms with E-state index in [0.717, 1.165) is 0 Å². The molecule has 3 N–H and O–H groups in total. The minimum absolute atomic E-state index is 0. The van der Waals surface area contributed by atoms with Gasteiger partial charge in [0.2, 0.25) is 11.8 Å². The molecule has 0 aromatic rings. The molecule has 1 aliphatic heterocycles. The number of alkyl halides is 3. The molecule has 21 heavy (non-hydrogen) atoms. The second-order valence-corrected chi connectivity index (χ2v) is 6.07. The topological polar surface area (TPSA) is 75.4 Å². The molecule has 1 unspecified atom stereocenters. The van der Waals surface area contributed by atoms with Crippen LogP contribution in [0.5, 0.6) is 0 Å². The monoisotopic (exact) mass is 331 g/mol. The average molecular weight is 332 g/mol. The first-order chi connectivity index (χ1) is 8.92. The van der Waals surface area contributed by atoms with E-state index in [4.69, 9.17) is 5.73 Å². The van der Waals surface area contributed by atoms with E-state index in [1.165, 1.54) is 0 Å². The minimum atomic E-state index is -4.43. The van der Waals surface area contributed by atoms with Gasteiger partial charge in [-0.3, -0.25) is 9.59 Å². The highest BCUT2D eigenvalue weighted by Crippen LogP contribution is 2.22. The van der Waals surface area contributed by atoms with Gasteiger partial charge in [-0.2, -0.15) is 13.2 Å². The summed E-state index contributed by atoms with van der Waals surface area (Å²) in [6, 6.07) is -1.75. The second kappa shape index (κ2) is 6.83. The SMILES string of the molecule is CC(C)(C)[C@H](N)C(=O)NC1CCN(CC(F)(F)F)C1=O.Cl. The van der Waals surface area contributed by atoms with E-state index in [2.05, 4.69) is 5.32 Å². The van der Waals surface area contributed by atoms with E-state index in [0.29, 0.717) is 4.90 Å². The zero-order chi connectivity index (χ0) is 15.7. The van der Waals surface area contributed by atoms with Crippen LogP contribution in [0.2, 0.25) is 0 Å². The van der Waals surface area contributed by atoms with Gasteiger partial charge in [0.1, 0.15) is 12.6 Å². The summed E-state index contributed by atoms with van der Waals surface area (Å²) in [5.41, 5.74) is 5.25. The van der Waals surface area contributed by atoms with E-state index in [1.54, 1.807) is 20.8 Å². The second-order valence-electron chi connectivity index (χ2n) is 6.07. The van der Waals surface area contributed by atoms with Crippen molar-refractivity contribution in [2.24, 2.45) is 11.1 Å². The lowest BCUT2D eigenvalue weighted by molar-refractivity contribution is -0.158.